The summed E-state index contributed by atoms with van der Waals surface area (Å²) in [5, 5.41) is 2.57. The monoisotopic (exact) mass is 395 g/mol. The van der Waals surface area contributed by atoms with Crippen LogP contribution in [0.3, 0.4) is 0 Å². The highest BCUT2D eigenvalue weighted by Gasteiger charge is 2.22. The quantitative estimate of drug-likeness (QED) is 0.495. The first kappa shape index (κ1) is 21.4. The Labute approximate surface area is 164 Å². The number of anilines is 1. The molecule has 27 heavy (non-hydrogen) atoms. The number of halogens is 1. The third kappa shape index (κ3) is 7.30. The minimum atomic E-state index is -0.461. The van der Waals surface area contributed by atoms with Gasteiger partial charge in [-0.2, -0.15) is 12.6 Å². The second-order valence-electron chi connectivity index (χ2n) is 6.59. The van der Waals surface area contributed by atoms with E-state index in [-0.39, 0.29) is 35.6 Å². The lowest BCUT2D eigenvalue weighted by molar-refractivity contribution is -0.133. The van der Waals surface area contributed by atoms with E-state index in [9.17, 15) is 18.8 Å². The molecule has 0 unspecified atom stereocenters. The third-order valence-electron chi connectivity index (χ3n) is 4.51. The maximum atomic E-state index is 13.6. The standard InChI is InChI=1S/C19H26FN3O3S/c20-16-6-2-3-7-17(16)21-18(25)13-22-9-11-23(12-10-22)19(26)8-4-1-5-15(24)14-27/h2-3,6-7,27H,1,4-5,8-14H2,(H,21,25). The van der Waals surface area contributed by atoms with E-state index in [1.807, 2.05) is 4.90 Å². The van der Waals surface area contributed by atoms with Gasteiger partial charge in [0.1, 0.15) is 11.6 Å². The number of amides is 2. The van der Waals surface area contributed by atoms with Crippen molar-refractivity contribution < 1.29 is 18.8 Å². The molecule has 1 aromatic rings. The Balaban J connectivity index is 1.66. The molecule has 1 fully saturated rings. The van der Waals surface area contributed by atoms with Crippen LogP contribution < -0.4 is 5.32 Å². The molecule has 2 amide bonds. The van der Waals surface area contributed by atoms with Gasteiger partial charge in [-0.3, -0.25) is 19.3 Å². The maximum Gasteiger partial charge on any atom is 0.238 e. The van der Waals surface area contributed by atoms with Gasteiger partial charge in [0.05, 0.1) is 12.2 Å². The number of carbonyl (C=O) groups excluding carboxylic acids is 3. The molecule has 6 nitrogen and oxygen atoms in total. The molecule has 0 atom stereocenters. The fourth-order valence-corrected chi connectivity index (χ4v) is 3.10. The van der Waals surface area contributed by atoms with Crippen molar-refractivity contribution in [1.29, 1.82) is 0 Å². The number of para-hydroxylation sites is 1. The molecule has 2 rings (SSSR count). The number of hydrogen-bond acceptors (Lipinski definition) is 5. The van der Waals surface area contributed by atoms with Gasteiger partial charge in [-0.1, -0.05) is 12.1 Å². The number of unbranched alkanes of at least 4 members (excludes halogenated alkanes) is 1. The third-order valence-corrected chi connectivity index (χ3v) is 4.87. The van der Waals surface area contributed by atoms with Crippen LogP contribution in [0.15, 0.2) is 24.3 Å². The van der Waals surface area contributed by atoms with E-state index < -0.39 is 5.82 Å². The summed E-state index contributed by atoms with van der Waals surface area (Å²) in [7, 11) is 0. The summed E-state index contributed by atoms with van der Waals surface area (Å²) in [6, 6.07) is 6.05. The van der Waals surface area contributed by atoms with Crippen molar-refractivity contribution in [3.05, 3.63) is 30.1 Å². The summed E-state index contributed by atoms with van der Waals surface area (Å²) >= 11 is 3.93. The largest absolute Gasteiger partial charge is 0.340 e. The molecule has 1 heterocycles. The van der Waals surface area contributed by atoms with E-state index in [4.69, 9.17) is 0 Å². The summed E-state index contributed by atoms with van der Waals surface area (Å²) in [6.07, 6.45) is 2.32. The van der Waals surface area contributed by atoms with Crippen LogP contribution in [0.5, 0.6) is 0 Å². The number of thiol groups is 1. The van der Waals surface area contributed by atoms with Crippen LogP contribution in [0.2, 0.25) is 0 Å². The number of hydrogen-bond donors (Lipinski definition) is 2. The molecule has 0 bridgehead atoms. The van der Waals surface area contributed by atoms with E-state index in [1.165, 1.54) is 12.1 Å². The number of Topliss-reactive ketones (excluding diaryl/α,β-unsaturated/α-hetero) is 1. The number of carbonyl (C=O) groups is 3. The molecule has 1 N–H and O–H groups in total. The average Bonchev–Trinajstić information content (AvgIpc) is 2.67. The molecular weight excluding hydrogens is 369 g/mol. The molecule has 1 saturated heterocycles. The Kier molecular flexibility index (Phi) is 8.74. The van der Waals surface area contributed by atoms with Gasteiger partial charge in [0.25, 0.3) is 0 Å². The number of nitrogens with one attached hydrogen (secondary N) is 1. The summed E-state index contributed by atoms with van der Waals surface area (Å²) in [5.74, 6) is -0.289. The molecule has 0 saturated carbocycles. The second kappa shape index (κ2) is 11.0. The summed E-state index contributed by atoms with van der Waals surface area (Å²) in [4.78, 5) is 39.2. The van der Waals surface area contributed by atoms with Crippen LogP contribution in [-0.2, 0) is 14.4 Å². The zero-order chi connectivity index (χ0) is 19.6. The lowest BCUT2D eigenvalue weighted by Gasteiger charge is -2.34. The summed E-state index contributed by atoms with van der Waals surface area (Å²) < 4.78 is 13.6. The molecule has 1 aromatic carbocycles. The lowest BCUT2D eigenvalue weighted by atomic mass is 10.1. The molecule has 0 aromatic heterocycles. The molecule has 0 aliphatic carbocycles. The fraction of sp³-hybridized carbons (Fsp3) is 0.526. The molecule has 0 spiro atoms. The highest BCUT2D eigenvalue weighted by atomic mass is 32.1. The van der Waals surface area contributed by atoms with E-state index in [0.717, 1.165) is 0 Å². The first-order valence-electron chi connectivity index (χ1n) is 9.16. The molecular formula is C19H26FN3O3S. The van der Waals surface area contributed by atoms with Crippen molar-refractivity contribution in [2.24, 2.45) is 0 Å². The van der Waals surface area contributed by atoms with Crippen LogP contribution in [0.4, 0.5) is 10.1 Å². The van der Waals surface area contributed by atoms with Gasteiger partial charge in [0.2, 0.25) is 11.8 Å². The van der Waals surface area contributed by atoms with Gasteiger partial charge in [-0.25, -0.2) is 4.39 Å². The van der Waals surface area contributed by atoms with Crippen molar-refractivity contribution in [3.8, 4) is 0 Å². The van der Waals surface area contributed by atoms with Gasteiger partial charge in [-0.15, -0.1) is 0 Å². The zero-order valence-corrected chi connectivity index (χ0v) is 16.2. The maximum absolute atomic E-state index is 13.6. The van der Waals surface area contributed by atoms with E-state index in [1.54, 1.807) is 17.0 Å². The second-order valence-corrected chi connectivity index (χ2v) is 6.91. The molecule has 8 heteroatoms. The average molecular weight is 396 g/mol. The Morgan fingerprint density at radius 3 is 2.37 bits per heavy atom. The fourth-order valence-electron chi connectivity index (χ4n) is 2.95. The Morgan fingerprint density at radius 1 is 1.04 bits per heavy atom. The molecule has 0 radical (unpaired) electrons. The van der Waals surface area contributed by atoms with E-state index in [0.29, 0.717) is 51.9 Å². The van der Waals surface area contributed by atoms with Crippen molar-refractivity contribution in [1.82, 2.24) is 9.80 Å². The Hall–Kier alpha value is -1.93. The minimum Gasteiger partial charge on any atom is -0.340 e. The number of rotatable bonds is 9. The lowest BCUT2D eigenvalue weighted by Crippen LogP contribution is -2.50. The Morgan fingerprint density at radius 2 is 1.70 bits per heavy atom. The summed E-state index contributed by atoms with van der Waals surface area (Å²) in [5.41, 5.74) is 0.174. The normalized spacial score (nSPS) is 14.8. The Bertz CT molecular complexity index is 663. The van der Waals surface area contributed by atoms with Crippen LogP contribution in [0, 0.1) is 5.82 Å². The zero-order valence-electron chi connectivity index (χ0n) is 15.3. The predicted octanol–water partition coefficient (Wildman–Crippen LogP) is 1.97. The van der Waals surface area contributed by atoms with Gasteiger partial charge >= 0.3 is 0 Å². The SMILES string of the molecule is O=C(CS)CCCCC(=O)N1CCN(CC(=O)Nc2ccccc2F)CC1. The highest BCUT2D eigenvalue weighted by Crippen LogP contribution is 2.13. The van der Waals surface area contributed by atoms with Crippen LogP contribution in [-0.4, -0.2) is 65.9 Å². The predicted molar refractivity (Wildman–Crippen MR) is 105 cm³/mol. The van der Waals surface area contributed by atoms with Crippen molar-refractivity contribution in [2.45, 2.75) is 25.7 Å². The van der Waals surface area contributed by atoms with Crippen LogP contribution in [0.25, 0.3) is 0 Å². The van der Waals surface area contributed by atoms with Crippen molar-refractivity contribution in [2.75, 3.05) is 43.8 Å². The van der Waals surface area contributed by atoms with Crippen LogP contribution >= 0.6 is 12.6 Å². The molecule has 1 aliphatic rings. The number of benzene rings is 1. The topological polar surface area (TPSA) is 69.7 Å². The van der Waals surface area contributed by atoms with Crippen molar-refractivity contribution in [3.63, 3.8) is 0 Å². The first-order chi connectivity index (χ1) is 13.0. The first-order valence-corrected chi connectivity index (χ1v) is 9.80. The molecule has 1 aliphatic heterocycles. The van der Waals surface area contributed by atoms with Gasteiger partial charge < -0.3 is 10.2 Å². The van der Waals surface area contributed by atoms with Gasteiger partial charge in [-0.05, 0) is 25.0 Å². The van der Waals surface area contributed by atoms with E-state index in [2.05, 4.69) is 17.9 Å². The number of nitrogens with zero attached hydrogens (tertiary/aromatic N) is 2. The molecule has 148 valence electrons. The number of piperazine rings is 1. The van der Waals surface area contributed by atoms with E-state index >= 15 is 0 Å². The highest BCUT2D eigenvalue weighted by molar-refractivity contribution is 7.81. The van der Waals surface area contributed by atoms with Gasteiger partial charge in [0, 0.05) is 44.8 Å². The van der Waals surface area contributed by atoms with Crippen LogP contribution in [0.1, 0.15) is 25.7 Å². The number of ketones is 1. The minimum absolute atomic E-state index is 0.0868. The smallest absolute Gasteiger partial charge is 0.238 e. The summed E-state index contributed by atoms with van der Waals surface area (Å²) in [6.45, 7) is 2.52. The van der Waals surface area contributed by atoms with Crippen molar-refractivity contribution >= 4 is 35.9 Å². The van der Waals surface area contributed by atoms with Gasteiger partial charge in [0.15, 0.2) is 0 Å².